The van der Waals surface area contributed by atoms with Crippen molar-refractivity contribution in [1.82, 2.24) is 9.88 Å². The molecule has 0 N–H and O–H groups in total. The van der Waals surface area contributed by atoms with Gasteiger partial charge in [0.1, 0.15) is 10.4 Å². The number of hydrogen-bond donors (Lipinski definition) is 0. The first-order chi connectivity index (χ1) is 9.58. The van der Waals surface area contributed by atoms with Crippen LogP contribution in [0.25, 0.3) is 0 Å². The Kier molecular flexibility index (Phi) is 3.10. The summed E-state index contributed by atoms with van der Waals surface area (Å²) in [7, 11) is 0. The van der Waals surface area contributed by atoms with Crippen LogP contribution in [0.15, 0.2) is 41.0 Å². The Balaban J connectivity index is 1.96. The summed E-state index contributed by atoms with van der Waals surface area (Å²) in [4.78, 5) is 29.3. The third-order valence-corrected chi connectivity index (χ3v) is 3.51. The minimum atomic E-state index is -0.551. The minimum Gasteiger partial charge on any atom is -0.269 e. The van der Waals surface area contributed by atoms with Crippen LogP contribution < -0.4 is 0 Å². The summed E-state index contributed by atoms with van der Waals surface area (Å²) >= 11 is 3.14. The summed E-state index contributed by atoms with van der Waals surface area (Å²) in [6.45, 7) is -0.183. The number of amides is 2. The molecule has 1 aromatic carbocycles. The standard InChI is InChI=1S/C14H8BrFN2O2/c15-12-6-5-10(16)11(17-12)7-18-13(19)8-3-1-2-4-9(8)14(18)20/h1-6H,7H2. The molecular weight excluding hydrogens is 327 g/mol. The van der Waals surface area contributed by atoms with Gasteiger partial charge >= 0.3 is 0 Å². The summed E-state index contributed by atoms with van der Waals surface area (Å²) in [6.07, 6.45) is 0. The zero-order chi connectivity index (χ0) is 14.3. The number of halogens is 2. The van der Waals surface area contributed by atoms with Crippen molar-refractivity contribution in [2.75, 3.05) is 0 Å². The van der Waals surface area contributed by atoms with Gasteiger partial charge in [0.2, 0.25) is 0 Å². The molecule has 1 aliphatic rings. The van der Waals surface area contributed by atoms with E-state index in [0.29, 0.717) is 15.7 Å². The molecule has 2 amide bonds. The second-order valence-electron chi connectivity index (χ2n) is 4.30. The van der Waals surface area contributed by atoms with Gasteiger partial charge in [-0.1, -0.05) is 12.1 Å². The lowest BCUT2D eigenvalue weighted by Gasteiger charge is -2.13. The molecule has 20 heavy (non-hydrogen) atoms. The highest BCUT2D eigenvalue weighted by molar-refractivity contribution is 9.10. The minimum absolute atomic E-state index is 0.0499. The van der Waals surface area contributed by atoms with Crippen molar-refractivity contribution in [1.29, 1.82) is 0 Å². The summed E-state index contributed by atoms with van der Waals surface area (Å²) < 4.78 is 14.1. The lowest BCUT2D eigenvalue weighted by molar-refractivity contribution is 0.0639. The highest BCUT2D eigenvalue weighted by Crippen LogP contribution is 2.24. The maximum Gasteiger partial charge on any atom is 0.261 e. The van der Waals surface area contributed by atoms with Crippen LogP contribution in [0.1, 0.15) is 26.4 Å². The van der Waals surface area contributed by atoms with E-state index in [1.807, 2.05) is 0 Å². The van der Waals surface area contributed by atoms with E-state index in [0.717, 1.165) is 4.90 Å². The molecule has 3 rings (SSSR count). The molecule has 0 aliphatic carbocycles. The van der Waals surface area contributed by atoms with Gasteiger partial charge in [-0.3, -0.25) is 14.5 Å². The summed E-state index contributed by atoms with van der Waals surface area (Å²) in [6, 6.07) is 9.24. The summed E-state index contributed by atoms with van der Waals surface area (Å²) in [5.41, 5.74) is 0.731. The molecule has 0 saturated heterocycles. The van der Waals surface area contributed by atoms with Crippen molar-refractivity contribution in [3.63, 3.8) is 0 Å². The van der Waals surface area contributed by atoms with Gasteiger partial charge < -0.3 is 0 Å². The van der Waals surface area contributed by atoms with Gasteiger partial charge in [0.25, 0.3) is 11.8 Å². The number of rotatable bonds is 2. The van der Waals surface area contributed by atoms with Crippen molar-refractivity contribution in [2.45, 2.75) is 6.54 Å². The zero-order valence-electron chi connectivity index (χ0n) is 10.1. The molecule has 0 saturated carbocycles. The number of nitrogens with zero attached hydrogens (tertiary/aromatic N) is 2. The molecule has 0 bridgehead atoms. The molecule has 1 aromatic heterocycles. The monoisotopic (exact) mass is 334 g/mol. The van der Waals surface area contributed by atoms with E-state index in [1.54, 1.807) is 24.3 Å². The van der Waals surface area contributed by atoms with Gasteiger partial charge in [-0.25, -0.2) is 9.37 Å². The summed E-state index contributed by atoms with van der Waals surface area (Å²) in [5.74, 6) is -1.40. The third kappa shape index (κ3) is 2.02. The van der Waals surface area contributed by atoms with Gasteiger partial charge in [-0.15, -0.1) is 0 Å². The highest BCUT2D eigenvalue weighted by atomic mass is 79.9. The molecule has 1 aliphatic heterocycles. The van der Waals surface area contributed by atoms with E-state index < -0.39 is 17.6 Å². The Morgan fingerprint density at radius 3 is 2.25 bits per heavy atom. The molecule has 6 heteroatoms. The van der Waals surface area contributed by atoms with Crippen LogP contribution in [0.4, 0.5) is 4.39 Å². The second-order valence-corrected chi connectivity index (χ2v) is 5.12. The number of hydrogen-bond acceptors (Lipinski definition) is 3. The van der Waals surface area contributed by atoms with Crippen LogP contribution in [0.3, 0.4) is 0 Å². The third-order valence-electron chi connectivity index (χ3n) is 3.07. The van der Waals surface area contributed by atoms with Crippen molar-refractivity contribution in [2.24, 2.45) is 0 Å². The Bertz CT molecular complexity index is 698. The Morgan fingerprint density at radius 1 is 1.05 bits per heavy atom. The molecular formula is C14H8BrFN2O2. The Hall–Kier alpha value is -2.08. The molecule has 2 heterocycles. The SMILES string of the molecule is O=C1c2ccccc2C(=O)N1Cc1nc(Br)ccc1F. The molecule has 0 radical (unpaired) electrons. The second kappa shape index (κ2) is 4.79. The fourth-order valence-electron chi connectivity index (χ4n) is 2.10. The van der Waals surface area contributed by atoms with E-state index in [1.165, 1.54) is 12.1 Å². The number of fused-ring (bicyclic) bond motifs is 1. The number of benzene rings is 1. The van der Waals surface area contributed by atoms with E-state index in [2.05, 4.69) is 20.9 Å². The topological polar surface area (TPSA) is 50.3 Å². The van der Waals surface area contributed by atoms with E-state index in [4.69, 9.17) is 0 Å². The van der Waals surface area contributed by atoms with E-state index >= 15 is 0 Å². The average Bonchev–Trinajstić information content (AvgIpc) is 2.68. The summed E-state index contributed by atoms with van der Waals surface area (Å²) in [5, 5.41) is 0. The Morgan fingerprint density at radius 2 is 1.65 bits per heavy atom. The lowest BCUT2D eigenvalue weighted by Crippen LogP contribution is -2.30. The van der Waals surface area contributed by atoms with Gasteiger partial charge in [0, 0.05) is 0 Å². The maximum absolute atomic E-state index is 13.7. The fourth-order valence-corrected chi connectivity index (χ4v) is 2.45. The molecule has 100 valence electrons. The van der Waals surface area contributed by atoms with Gasteiger partial charge in [0.15, 0.2) is 0 Å². The van der Waals surface area contributed by atoms with Crippen molar-refractivity contribution < 1.29 is 14.0 Å². The van der Waals surface area contributed by atoms with Crippen LogP contribution in [0, 0.1) is 5.82 Å². The molecule has 0 atom stereocenters. The largest absolute Gasteiger partial charge is 0.269 e. The van der Waals surface area contributed by atoms with Gasteiger partial charge in [0.05, 0.1) is 23.4 Å². The average molecular weight is 335 g/mol. The molecule has 0 fully saturated rings. The molecule has 0 unspecified atom stereocenters. The number of carbonyl (C=O) groups excluding carboxylic acids is 2. The van der Waals surface area contributed by atoms with Gasteiger partial charge in [-0.2, -0.15) is 0 Å². The fraction of sp³-hybridized carbons (Fsp3) is 0.0714. The first kappa shape index (κ1) is 12.9. The predicted octanol–water partition coefficient (Wildman–Crippen LogP) is 2.78. The van der Waals surface area contributed by atoms with Crippen molar-refractivity contribution in [3.05, 3.63) is 63.6 Å². The van der Waals surface area contributed by atoms with E-state index in [-0.39, 0.29) is 12.2 Å². The number of aromatic nitrogens is 1. The number of imide groups is 1. The number of carbonyl (C=O) groups is 2. The van der Waals surface area contributed by atoms with Crippen LogP contribution in [0.5, 0.6) is 0 Å². The maximum atomic E-state index is 13.7. The molecule has 0 spiro atoms. The van der Waals surface area contributed by atoms with Gasteiger partial charge in [-0.05, 0) is 40.2 Å². The Labute approximate surface area is 122 Å². The van der Waals surface area contributed by atoms with Crippen LogP contribution >= 0.6 is 15.9 Å². The van der Waals surface area contributed by atoms with Crippen LogP contribution in [0.2, 0.25) is 0 Å². The highest BCUT2D eigenvalue weighted by Gasteiger charge is 2.35. The molecule has 2 aromatic rings. The quantitative estimate of drug-likeness (QED) is 0.626. The smallest absolute Gasteiger partial charge is 0.261 e. The molecule has 4 nitrogen and oxygen atoms in total. The zero-order valence-corrected chi connectivity index (χ0v) is 11.7. The van der Waals surface area contributed by atoms with Crippen LogP contribution in [-0.2, 0) is 6.54 Å². The van der Waals surface area contributed by atoms with Crippen LogP contribution in [-0.4, -0.2) is 21.7 Å². The lowest BCUT2D eigenvalue weighted by atomic mass is 10.1. The van der Waals surface area contributed by atoms with Crippen molar-refractivity contribution >= 4 is 27.7 Å². The van der Waals surface area contributed by atoms with E-state index in [9.17, 15) is 14.0 Å². The normalized spacial score (nSPS) is 13.8. The first-order valence-electron chi connectivity index (χ1n) is 5.84. The van der Waals surface area contributed by atoms with Crippen molar-refractivity contribution in [3.8, 4) is 0 Å². The number of pyridine rings is 1. The first-order valence-corrected chi connectivity index (χ1v) is 6.63. The predicted molar refractivity (Wildman–Crippen MR) is 72.5 cm³/mol.